The lowest BCUT2D eigenvalue weighted by Gasteiger charge is -2.25. The summed E-state index contributed by atoms with van der Waals surface area (Å²) in [5.41, 5.74) is 1.16. The molecule has 0 saturated heterocycles. The molecule has 3 aromatic rings. The second-order valence-electron chi connectivity index (χ2n) is 7.86. The van der Waals surface area contributed by atoms with Crippen molar-refractivity contribution in [3.63, 3.8) is 0 Å². The maximum Gasteiger partial charge on any atom is 0.314 e. The van der Waals surface area contributed by atoms with Gasteiger partial charge in [-0.3, -0.25) is 9.59 Å². The number of carbonyl (C=O) groups is 2. The number of benzene rings is 3. The van der Waals surface area contributed by atoms with Crippen LogP contribution in [-0.4, -0.2) is 54.4 Å². The normalized spacial score (nSPS) is 11.5. The predicted octanol–water partition coefficient (Wildman–Crippen LogP) is 6.11. The highest BCUT2D eigenvalue weighted by Gasteiger charge is 2.16. The lowest BCUT2D eigenvalue weighted by Crippen LogP contribution is -2.22. The van der Waals surface area contributed by atoms with E-state index in [2.05, 4.69) is 78.0 Å². The Morgan fingerprint density at radius 2 is 1.63 bits per heavy atom. The number of carboxylic acids is 2. The number of ether oxygens (including phenoxy) is 2. The first-order valence-corrected chi connectivity index (χ1v) is 12.4. The molecular formula is C26H29ClINO6. The molecule has 3 aromatic carbocycles. The van der Waals surface area contributed by atoms with E-state index >= 15 is 0 Å². The van der Waals surface area contributed by atoms with Gasteiger partial charge in [-0.15, -0.1) is 0 Å². The van der Waals surface area contributed by atoms with Gasteiger partial charge in [0.05, 0.1) is 18.2 Å². The van der Waals surface area contributed by atoms with Crippen molar-refractivity contribution in [3.05, 3.63) is 68.8 Å². The molecule has 7 nitrogen and oxygen atoms in total. The SMILES string of the molecule is CCOc1ccc(C(CCOc2ccc3cc(I)ccc3c2)N(C)C)cc1Cl.O=C(O)CC(=O)O. The zero-order chi connectivity index (χ0) is 26.0. The number of fused-ring (bicyclic) bond motifs is 1. The van der Waals surface area contributed by atoms with Crippen LogP contribution in [0.3, 0.4) is 0 Å². The minimum Gasteiger partial charge on any atom is -0.494 e. The van der Waals surface area contributed by atoms with Crippen LogP contribution in [0.2, 0.25) is 5.02 Å². The Kier molecular flexibility index (Phi) is 11.6. The Balaban J connectivity index is 0.000000540. The third-order valence-corrected chi connectivity index (χ3v) is 5.97. The molecule has 0 radical (unpaired) electrons. The van der Waals surface area contributed by atoms with Gasteiger partial charge in [-0.1, -0.05) is 29.8 Å². The molecule has 188 valence electrons. The van der Waals surface area contributed by atoms with E-state index in [1.165, 1.54) is 14.3 Å². The zero-order valence-corrected chi connectivity index (χ0v) is 22.7. The average molecular weight is 614 g/mol. The summed E-state index contributed by atoms with van der Waals surface area (Å²) in [5.74, 6) is -0.997. The number of hydrogen-bond acceptors (Lipinski definition) is 5. The lowest BCUT2D eigenvalue weighted by molar-refractivity contribution is -0.147. The van der Waals surface area contributed by atoms with Crippen molar-refractivity contribution in [2.75, 3.05) is 27.3 Å². The Labute approximate surface area is 223 Å². The Morgan fingerprint density at radius 1 is 0.971 bits per heavy atom. The molecule has 2 N–H and O–H groups in total. The van der Waals surface area contributed by atoms with E-state index in [4.69, 9.17) is 31.3 Å². The number of nitrogens with zero attached hydrogens (tertiary/aromatic N) is 1. The number of hydrogen-bond donors (Lipinski definition) is 2. The van der Waals surface area contributed by atoms with Crippen molar-refractivity contribution < 1.29 is 29.3 Å². The molecular weight excluding hydrogens is 585 g/mol. The standard InChI is InChI=1S/C23H25ClINO2.C3H4O4/c1-4-27-23-10-7-18(15-21(23)24)22(26(2)3)11-12-28-20-9-6-16-13-19(25)8-5-17(16)14-20;4-2(5)1-3(6)7/h5-10,13-15,22H,4,11-12H2,1-3H3;1H2,(H,4,5)(H,6,7). The van der Waals surface area contributed by atoms with Crippen LogP contribution in [0.5, 0.6) is 11.5 Å². The fourth-order valence-electron chi connectivity index (χ4n) is 3.42. The quantitative estimate of drug-likeness (QED) is 0.210. The van der Waals surface area contributed by atoms with Crippen LogP contribution < -0.4 is 9.47 Å². The van der Waals surface area contributed by atoms with E-state index in [0.29, 0.717) is 18.2 Å². The van der Waals surface area contributed by atoms with Gasteiger partial charge in [0.2, 0.25) is 0 Å². The van der Waals surface area contributed by atoms with E-state index in [-0.39, 0.29) is 6.04 Å². The highest BCUT2D eigenvalue weighted by molar-refractivity contribution is 14.1. The van der Waals surface area contributed by atoms with E-state index in [1.54, 1.807) is 0 Å². The van der Waals surface area contributed by atoms with Gasteiger partial charge in [-0.2, -0.15) is 0 Å². The molecule has 1 unspecified atom stereocenters. The van der Waals surface area contributed by atoms with Crippen LogP contribution in [0, 0.1) is 3.57 Å². The highest BCUT2D eigenvalue weighted by atomic mass is 127. The molecule has 0 spiro atoms. The summed E-state index contributed by atoms with van der Waals surface area (Å²) in [4.78, 5) is 21.0. The number of halogens is 2. The van der Waals surface area contributed by atoms with Crippen molar-refractivity contribution in [1.29, 1.82) is 0 Å². The molecule has 0 aliphatic carbocycles. The number of carboxylic acid groups (broad SMARTS) is 2. The number of aliphatic carboxylic acids is 2. The predicted molar refractivity (Wildman–Crippen MR) is 146 cm³/mol. The zero-order valence-electron chi connectivity index (χ0n) is 19.8. The van der Waals surface area contributed by atoms with Crippen molar-refractivity contribution in [3.8, 4) is 11.5 Å². The minimum atomic E-state index is -1.31. The summed E-state index contributed by atoms with van der Waals surface area (Å²) in [6.45, 7) is 3.19. The lowest BCUT2D eigenvalue weighted by atomic mass is 10.0. The van der Waals surface area contributed by atoms with Gasteiger partial charge in [0.1, 0.15) is 17.9 Å². The summed E-state index contributed by atoms with van der Waals surface area (Å²) in [6, 6.07) is 18.9. The van der Waals surface area contributed by atoms with Crippen molar-refractivity contribution >= 4 is 56.9 Å². The Morgan fingerprint density at radius 3 is 2.20 bits per heavy atom. The molecule has 1 atom stereocenters. The molecule has 9 heteroatoms. The summed E-state index contributed by atoms with van der Waals surface area (Å²) >= 11 is 8.71. The molecule has 35 heavy (non-hydrogen) atoms. The number of rotatable bonds is 10. The summed E-state index contributed by atoms with van der Waals surface area (Å²) in [5, 5.41) is 18.5. The summed E-state index contributed by atoms with van der Waals surface area (Å²) in [7, 11) is 4.15. The van der Waals surface area contributed by atoms with E-state index < -0.39 is 18.4 Å². The van der Waals surface area contributed by atoms with Crippen LogP contribution in [0.1, 0.15) is 31.4 Å². The summed E-state index contributed by atoms with van der Waals surface area (Å²) in [6.07, 6.45) is 0.0576. The fraction of sp³-hybridized carbons (Fsp3) is 0.308. The van der Waals surface area contributed by atoms with Crippen LogP contribution in [-0.2, 0) is 9.59 Å². The Hall–Kier alpha value is -2.56. The molecule has 0 aliphatic heterocycles. The van der Waals surface area contributed by atoms with Crippen molar-refractivity contribution in [1.82, 2.24) is 4.90 Å². The van der Waals surface area contributed by atoms with Gasteiger partial charge in [0.25, 0.3) is 0 Å². The molecule has 0 aliphatic rings. The molecule has 0 saturated carbocycles. The third-order valence-electron chi connectivity index (χ3n) is 5.00. The van der Waals surface area contributed by atoms with Crippen LogP contribution >= 0.6 is 34.2 Å². The first-order valence-electron chi connectivity index (χ1n) is 10.9. The first-order chi connectivity index (χ1) is 16.6. The average Bonchev–Trinajstić information content (AvgIpc) is 2.77. The topological polar surface area (TPSA) is 96.3 Å². The Bertz CT molecular complexity index is 1140. The van der Waals surface area contributed by atoms with Gasteiger partial charge in [0.15, 0.2) is 0 Å². The molecule has 0 heterocycles. The van der Waals surface area contributed by atoms with Crippen LogP contribution in [0.15, 0.2) is 54.6 Å². The maximum atomic E-state index is 9.43. The second kappa shape index (κ2) is 14.1. The van der Waals surface area contributed by atoms with Crippen LogP contribution in [0.4, 0.5) is 0 Å². The molecule has 0 amide bonds. The fourth-order valence-corrected chi connectivity index (χ4v) is 4.18. The van der Waals surface area contributed by atoms with Crippen molar-refractivity contribution in [2.45, 2.75) is 25.8 Å². The van der Waals surface area contributed by atoms with Crippen LogP contribution in [0.25, 0.3) is 10.8 Å². The van der Waals surface area contributed by atoms with E-state index in [9.17, 15) is 9.59 Å². The smallest absolute Gasteiger partial charge is 0.314 e. The van der Waals surface area contributed by atoms with E-state index in [0.717, 1.165) is 23.5 Å². The molecule has 0 bridgehead atoms. The third kappa shape index (κ3) is 9.54. The molecule has 3 rings (SSSR count). The highest BCUT2D eigenvalue weighted by Crippen LogP contribution is 2.31. The van der Waals surface area contributed by atoms with Gasteiger partial charge in [-0.05, 0) is 96.3 Å². The monoisotopic (exact) mass is 613 g/mol. The van der Waals surface area contributed by atoms with Gasteiger partial charge in [-0.25, -0.2) is 0 Å². The minimum absolute atomic E-state index is 0.218. The van der Waals surface area contributed by atoms with E-state index in [1.807, 2.05) is 25.1 Å². The van der Waals surface area contributed by atoms with Gasteiger partial charge >= 0.3 is 11.9 Å². The first kappa shape index (κ1) is 28.7. The maximum absolute atomic E-state index is 9.43. The van der Waals surface area contributed by atoms with Gasteiger partial charge in [0, 0.05) is 16.0 Å². The largest absolute Gasteiger partial charge is 0.494 e. The molecule has 0 aromatic heterocycles. The second-order valence-corrected chi connectivity index (χ2v) is 9.51. The molecule has 0 fully saturated rings. The van der Waals surface area contributed by atoms with Crippen molar-refractivity contribution in [2.24, 2.45) is 0 Å². The summed E-state index contributed by atoms with van der Waals surface area (Å²) < 4.78 is 12.8. The van der Waals surface area contributed by atoms with Gasteiger partial charge < -0.3 is 24.6 Å².